The highest BCUT2D eigenvalue weighted by molar-refractivity contribution is 6.42. The van der Waals surface area contributed by atoms with Crippen LogP contribution in [-0.2, 0) is 23.3 Å². The van der Waals surface area contributed by atoms with Crippen LogP contribution in [0.3, 0.4) is 0 Å². The van der Waals surface area contributed by atoms with Crippen molar-refractivity contribution in [1.29, 1.82) is 0 Å². The Balaban J connectivity index is 1.67. The van der Waals surface area contributed by atoms with Crippen molar-refractivity contribution >= 4 is 29.1 Å². The van der Waals surface area contributed by atoms with E-state index in [-0.39, 0.29) is 5.91 Å². The summed E-state index contributed by atoms with van der Waals surface area (Å²) in [5.41, 5.74) is 3.13. The van der Waals surface area contributed by atoms with Crippen LogP contribution in [0.5, 0.6) is 0 Å². The van der Waals surface area contributed by atoms with Crippen LogP contribution in [0.1, 0.15) is 36.5 Å². The van der Waals surface area contributed by atoms with Gasteiger partial charge in [0.25, 0.3) is 0 Å². The topological polar surface area (TPSA) is 23.6 Å². The Kier molecular flexibility index (Phi) is 5.19. The maximum Gasteiger partial charge on any atom is 0.228 e. The van der Waals surface area contributed by atoms with E-state index in [2.05, 4.69) is 41.0 Å². The highest BCUT2D eigenvalue weighted by Gasteiger charge is 2.46. The number of rotatable bonds is 3. The lowest BCUT2D eigenvalue weighted by Gasteiger charge is -2.51. The molecule has 0 N–H and O–H groups in total. The van der Waals surface area contributed by atoms with Crippen molar-refractivity contribution < 1.29 is 4.79 Å². The number of hydrogen-bond acceptors (Lipinski definition) is 2. The minimum absolute atomic E-state index is 0.136. The van der Waals surface area contributed by atoms with E-state index >= 15 is 0 Å². The fraction of sp³-hybridized carbons (Fsp3) is 0.409. The van der Waals surface area contributed by atoms with Gasteiger partial charge >= 0.3 is 0 Å². The highest BCUT2D eigenvalue weighted by Crippen LogP contribution is 2.40. The van der Waals surface area contributed by atoms with Crippen LogP contribution in [-0.4, -0.2) is 35.3 Å². The summed E-state index contributed by atoms with van der Waals surface area (Å²) in [4.78, 5) is 17.9. The van der Waals surface area contributed by atoms with Gasteiger partial charge in [-0.15, -0.1) is 0 Å². The Morgan fingerprint density at radius 3 is 2.52 bits per heavy atom. The van der Waals surface area contributed by atoms with Gasteiger partial charge in [0.15, 0.2) is 0 Å². The molecule has 0 spiro atoms. The van der Waals surface area contributed by atoms with Crippen LogP contribution in [0.25, 0.3) is 0 Å². The SMILES string of the molecule is CC1(N2CCCC2)c2ccccc2CCN1C(=O)Cc1ccc(Cl)c(Cl)c1. The minimum Gasteiger partial charge on any atom is -0.320 e. The fourth-order valence-corrected chi connectivity index (χ4v) is 4.90. The second-order valence-electron chi connectivity index (χ2n) is 7.59. The number of carbonyl (C=O) groups is 1. The quantitative estimate of drug-likeness (QED) is 0.729. The lowest BCUT2D eigenvalue weighted by atomic mass is 9.86. The maximum atomic E-state index is 13.4. The Bertz CT molecular complexity index is 863. The summed E-state index contributed by atoms with van der Waals surface area (Å²) in [5, 5.41) is 1.01. The molecule has 1 atom stereocenters. The third-order valence-corrected chi connectivity index (χ3v) is 6.76. The van der Waals surface area contributed by atoms with E-state index in [0.717, 1.165) is 31.6 Å². The van der Waals surface area contributed by atoms with Gasteiger partial charge in [0.05, 0.1) is 16.5 Å². The smallest absolute Gasteiger partial charge is 0.228 e. The standard InChI is InChI=1S/C22H24Cl2N2O/c1-22(25-11-4-5-12-25)18-7-3-2-6-17(18)10-13-26(22)21(27)15-16-8-9-19(23)20(24)14-16/h2-3,6-9,14H,4-5,10-13,15H2,1H3. The van der Waals surface area contributed by atoms with Crippen LogP contribution in [0.2, 0.25) is 10.0 Å². The second kappa shape index (κ2) is 7.46. The number of likely N-dealkylation sites (tertiary alicyclic amines) is 1. The molecule has 27 heavy (non-hydrogen) atoms. The van der Waals surface area contributed by atoms with Crippen molar-refractivity contribution in [3.05, 3.63) is 69.2 Å². The van der Waals surface area contributed by atoms with Crippen molar-refractivity contribution in [2.75, 3.05) is 19.6 Å². The molecule has 0 radical (unpaired) electrons. The summed E-state index contributed by atoms with van der Waals surface area (Å²) >= 11 is 12.2. The highest BCUT2D eigenvalue weighted by atomic mass is 35.5. The largest absolute Gasteiger partial charge is 0.320 e. The Morgan fingerprint density at radius 2 is 1.78 bits per heavy atom. The minimum atomic E-state index is -0.390. The first-order valence-corrected chi connectivity index (χ1v) is 10.3. The van der Waals surface area contributed by atoms with Crippen LogP contribution < -0.4 is 0 Å². The summed E-state index contributed by atoms with van der Waals surface area (Å²) < 4.78 is 0. The molecule has 1 saturated heterocycles. The zero-order valence-electron chi connectivity index (χ0n) is 15.5. The lowest BCUT2D eigenvalue weighted by molar-refractivity contribution is -0.147. The first-order valence-electron chi connectivity index (χ1n) is 9.58. The molecule has 0 aliphatic carbocycles. The van der Waals surface area contributed by atoms with E-state index in [0.29, 0.717) is 16.5 Å². The fourth-order valence-electron chi connectivity index (χ4n) is 4.58. The maximum absolute atomic E-state index is 13.4. The molecule has 1 unspecified atom stereocenters. The van der Waals surface area contributed by atoms with E-state index in [4.69, 9.17) is 23.2 Å². The van der Waals surface area contributed by atoms with Gasteiger partial charge in [-0.2, -0.15) is 0 Å². The van der Waals surface area contributed by atoms with E-state index in [1.54, 1.807) is 12.1 Å². The summed E-state index contributed by atoms with van der Waals surface area (Å²) in [6, 6.07) is 14.0. The molecule has 4 rings (SSSR count). The molecule has 2 heterocycles. The van der Waals surface area contributed by atoms with E-state index in [9.17, 15) is 4.79 Å². The summed E-state index contributed by atoms with van der Waals surface area (Å²) in [5.74, 6) is 0.136. The van der Waals surface area contributed by atoms with Gasteiger partial charge in [-0.1, -0.05) is 53.5 Å². The van der Waals surface area contributed by atoms with Crippen molar-refractivity contribution in [1.82, 2.24) is 9.80 Å². The number of amides is 1. The molecule has 142 valence electrons. The predicted molar refractivity (Wildman–Crippen MR) is 110 cm³/mol. The molecule has 1 amide bonds. The zero-order chi connectivity index (χ0) is 19.0. The van der Waals surface area contributed by atoms with Crippen LogP contribution in [0.15, 0.2) is 42.5 Å². The molecule has 3 nitrogen and oxygen atoms in total. The molecular weight excluding hydrogens is 379 g/mol. The lowest BCUT2D eigenvalue weighted by Crippen LogP contribution is -2.60. The summed E-state index contributed by atoms with van der Waals surface area (Å²) in [7, 11) is 0. The number of fused-ring (bicyclic) bond motifs is 1. The zero-order valence-corrected chi connectivity index (χ0v) is 17.1. The van der Waals surface area contributed by atoms with Crippen LogP contribution >= 0.6 is 23.2 Å². The van der Waals surface area contributed by atoms with E-state index in [1.807, 2.05) is 6.07 Å². The normalized spacial score (nSPS) is 22.7. The number of hydrogen-bond donors (Lipinski definition) is 0. The van der Waals surface area contributed by atoms with E-state index < -0.39 is 5.66 Å². The third kappa shape index (κ3) is 3.37. The van der Waals surface area contributed by atoms with Crippen molar-refractivity contribution in [2.24, 2.45) is 0 Å². The molecule has 2 aromatic carbocycles. The summed E-state index contributed by atoms with van der Waals surface area (Å²) in [6.45, 7) is 5.01. The molecule has 0 bridgehead atoms. The molecule has 2 aliphatic rings. The predicted octanol–water partition coefficient (Wildman–Crippen LogP) is 4.89. The number of nitrogens with zero attached hydrogens (tertiary/aromatic N) is 2. The van der Waals surface area contributed by atoms with Gasteiger partial charge in [-0.05, 0) is 55.0 Å². The molecule has 1 fully saturated rings. The second-order valence-corrected chi connectivity index (χ2v) is 8.41. The third-order valence-electron chi connectivity index (χ3n) is 6.02. The summed E-state index contributed by atoms with van der Waals surface area (Å²) in [6.07, 6.45) is 3.61. The first-order chi connectivity index (χ1) is 13.0. The van der Waals surface area contributed by atoms with Crippen molar-refractivity contribution in [3.8, 4) is 0 Å². The molecule has 0 aromatic heterocycles. The first kappa shape index (κ1) is 18.8. The number of halogens is 2. The Labute approximate surface area is 170 Å². The van der Waals surface area contributed by atoms with E-state index in [1.165, 1.54) is 24.0 Å². The van der Waals surface area contributed by atoms with Gasteiger partial charge in [0.2, 0.25) is 5.91 Å². The van der Waals surface area contributed by atoms with Gasteiger partial charge in [-0.3, -0.25) is 9.69 Å². The Hall–Kier alpha value is -1.55. The number of carbonyl (C=O) groups excluding carboxylic acids is 1. The van der Waals surface area contributed by atoms with Crippen molar-refractivity contribution in [3.63, 3.8) is 0 Å². The van der Waals surface area contributed by atoms with Gasteiger partial charge in [0.1, 0.15) is 5.66 Å². The van der Waals surface area contributed by atoms with Gasteiger partial charge in [0, 0.05) is 19.6 Å². The monoisotopic (exact) mass is 402 g/mol. The molecule has 2 aliphatic heterocycles. The van der Waals surface area contributed by atoms with Crippen LogP contribution in [0, 0.1) is 0 Å². The molecule has 2 aromatic rings. The Morgan fingerprint density at radius 1 is 1.04 bits per heavy atom. The number of benzene rings is 2. The van der Waals surface area contributed by atoms with Gasteiger partial charge < -0.3 is 4.90 Å². The average Bonchev–Trinajstić information content (AvgIpc) is 3.20. The van der Waals surface area contributed by atoms with Gasteiger partial charge in [-0.25, -0.2) is 0 Å². The van der Waals surface area contributed by atoms with Crippen LogP contribution in [0.4, 0.5) is 0 Å². The average molecular weight is 403 g/mol. The van der Waals surface area contributed by atoms with Crippen molar-refractivity contribution in [2.45, 2.75) is 38.3 Å². The molecular formula is C22H24Cl2N2O. The molecule has 0 saturated carbocycles. The molecule has 5 heteroatoms.